The first-order valence-corrected chi connectivity index (χ1v) is 10.7. The van der Waals surface area contributed by atoms with Crippen LogP contribution in [-0.4, -0.2) is 18.4 Å². The van der Waals surface area contributed by atoms with E-state index in [1.807, 2.05) is 6.07 Å². The zero-order valence-corrected chi connectivity index (χ0v) is 18.4. The molecule has 1 aliphatic carbocycles. The summed E-state index contributed by atoms with van der Waals surface area (Å²) in [6.07, 6.45) is 5.99. The lowest BCUT2D eigenvalue weighted by molar-refractivity contribution is 0.268. The molecule has 4 rings (SSSR count). The van der Waals surface area contributed by atoms with Gasteiger partial charge < -0.3 is 5.11 Å². The van der Waals surface area contributed by atoms with Crippen molar-refractivity contribution < 1.29 is 9.94 Å². The summed E-state index contributed by atoms with van der Waals surface area (Å²) < 4.78 is 1.11. The number of hydrogen-bond donors (Lipinski definition) is 3. The summed E-state index contributed by atoms with van der Waals surface area (Å²) in [5.74, 6) is 0.111. The van der Waals surface area contributed by atoms with Crippen molar-refractivity contribution in [2.75, 3.05) is 12.6 Å². The first kappa shape index (κ1) is 20.4. The molecule has 0 radical (unpaired) electrons. The SMILES string of the molecule is CONc1ccc(/C=N/NC(Cc2ccc(Br)c3ccccc23)=C2CCC2)cc1O. The molecular formula is C24H24BrN3O2. The lowest BCUT2D eigenvalue weighted by Crippen LogP contribution is -2.15. The maximum Gasteiger partial charge on any atom is 0.141 e. The molecule has 0 amide bonds. The molecule has 1 aliphatic rings. The van der Waals surface area contributed by atoms with Crippen molar-refractivity contribution in [2.24, 2.45) is 5.10 Å². The second-order valence-electron chi connectivity index (χ2n) is 7.32. The smallest absolute Gasteiger partial charge is 0.141 e. The fraction of sp³-hybridized carbons (Fsp3) is 0.208. The summed E-state index contributed by atoms with van der Waals surface area (Å²) in [5.41, 5.74) is 11.1. The third kappa shape index (κ3) is 4.50. The summed E-state index contributed by atoms with van der Waals surface area (Å²) in [5, 5.41) is 17.0. The van der Waals surface area contributed by atoms with Crippen LogP contribution < -0.4 is 10.9 Å². The van der Waals surface area contributed by atoms with Gasteiger partial charge in [-0.05, 0) is 64.9 Å². The molecule has 154 valence electrons. The van der Waals surface area contributed by atoms with Crippen LogP contribution in [0.15, 0.2) is 75.4 Å². The van der Waals surface area contributed by atoms with E-state index in [1.54, 1.807) is 18.3 Å². The predicted octanol–water partition coefficient (Wildman–Crippen LogP) is 5.89. The maximum absolute atomic E-state index is 10.0. The van der Waals surface area contributed by atoms with Gasteiger partial charge in [-0.2, -0.15) is 5.10 Å². The van der Waals surface area contributed by atoms with E-state index in [4.69, 9.17) is 4.84 Å². The number of aromatic hydroxyl groups is 1. The zero-order chi connectivity index (χ0) is 20.9. The van der Waals surface area contributed by atoms with Crippen molar-refractivity contribution >= 4 is 38.6 Å². The van der Waals surface area contributed by atoms with Crippen LogP contribution in [0.2, 0.25) is 0 Å². The molecule has 3 aromatic carbocycles. The van der Waals surface area contributed by atoms with Gasteiger partial charge >= 0.3 is 0 Å². The Morgan fingerprint density at radius 3 is 2.63 bits per heavy atom. The quantitative estimate of drug-likeness (QED) is 0.231. The first-order chi connectivity index (χ1) is 14.7. The Balaban J connectivity index is 1.54. The molecule has 1 fully saturated rings. The summed E-state index contributed by atoms with van der Waals surface area (Å²) in [7, 11) is 1.50. The van der Waals surface area contributed by atoms with Gasteiger partial charge in [-0.25, -0.2) is 0 Å². The van der Waals surface area contributed by atoms with E-state index in [1.165, 1.54) is 35.4 Å². The van der Waals surface area contributed by atoms with Crippen LogP contribution in [0, 0.1) is 0 Å². The third-order valence-electron chi connectivity index (χ3n) is 5.36. The van der Waals surface area contributed by atoms with Gasteiger partial charge in [0.05, 0.1) is 13.3 Å². The second-order valence-corrected chi connectivity index (χ2v) is 8.17. The molecule has 1 saturated carbocycles. The standard InChI is InChI=1S/C24H24BrN3O2/c1-30-28-22-12-9-16(13-24(22)29)15-26-27-23(17-5-4-6-17)14-18-10-11-21(25)20-8-3-2-7-19(18)20/h2-3,7-13,15,27-29H,4-6,14H2,1H3/b26-15+. The number of phenols is 1. The van der Waals surface area contributed by atoms with Crippen LogP contribution in [0.1, 0.15) is 30.4 Å². The highest BCUT2D eigenvalue weighted by Crippen LogP contribution is 2.32. The molecule has 6 heteroatoms. The Hall–Kier alpha value is -2.83. The lowest BCUT2D eigenvalue weighted by Gasteiger charge is -2.22. The molecule has 0 aliphatic heterocycles. The lowest BCUT2D eigenvalue weighted by atomic mass is 9.88. The van der Waals surface area contributed by atoms with Gasteiger partial charge in [0.1, 0.15) is 11.4 Å². The largest absolute Gasteiger partial charge is 0.506 e. The van der Waals surface area contributed by atoms with Gasteiger partial charge in [0.2, 0.25) is 0 Å². The number of anilines is 1. The number of hydrazone groups is 1. The molecule has 0 aromatic heterocycles. The number of hydrogen-bond acceptors (Lipinski definition) is 5. The molecule has 0 heterocycles. The fourth-order valence-corrected chi connectivity index (χ4v) is 4.06. The average molecular weight is 466 g/mol. The first-order valence-electron chi connectivity index (χ1n) is 9.94. The Kier molecular flexibility index (Phi) is 6.35. The van der Waals surface area contributed by atoms with Crippen molar-refractivity contribution in [3.63, 3.8) is 0 Å². The monoisotopic (exact) mass is 465 g/mol. The molecule has 0 bridgehead atoms. The van der Waals surface area contributed by atoms with Crippen molar-refractivity contribution in [1.82, 2.24) is 5.43 Å². The van der Waals surface area contributed by atoms with E-state index >= 15 is 0 Å². The molecule has 0 unspecified atom stereocenters. The fourth-order valence-electron chi connectivity index (χ4n) is 3.58. The summed E-state index contributed by atoms with van der Waals surface area (Å²) in [6, 6.07) is 18.0. The number of benzene rings is 3. The number of fused-ring (bicyclic) bond motifs is 1. The summed E-state index contributed by atoms with van der Waals surface area (Å²) in [6.45, 7) is 0. The van der Waals surface area contributed by atoms with Crippen LogP contribution >= 0.6 is 15.9 Å². The van der Waals surface area contributed by atoms with Crippen molar-refractivity contribution in [3.8, 4) is 5.75 Å². The third-order valence-corrected chi connectivity index (χ3v) is 6.05. The van der Waals surface area contributed by atoms with Crippen LogP contribution in [0.25, 0.3) is 10.8 Å². The van der Waals surface area contributed by atoms with Crippen LogP contribution in [0.4, 0.5) is 5.69 Å². The van der Waals surface area contributed by atoms with Gasteiger partial charge in [-0.3, -0.25) is 15.7 Å². The maximum atomic E-state index is 10.0. The molecular weight excluding hydrogens is 442 g/mol. The minimum atomic E-state index is 0.111. The van der Waals surface area contributed by atoms with Crippen LogP contribution in [0.3, 0.4) is 0 Å². The van der Waals surface area contributed by atoms with Crippen LogP contribution in [0.5, 0.6) is 5.75 Å². The number of nitrogens with zero attached hydrogens (tertiary/aromatic N) is 1. The van der Waals surface area contributed by atoms with Gasteiger partial charge in [0.25, 0.3) is 0 Å². The molecule has 0 saturated heterocycles. The van der Waals surface area contributed by atoms with Gasteiger partial charge in [0, 0.05) is 16.6 Å². The van der Waals surface area contributed by atoms with Crippen molar-refractivity contribution in [2.45, 2.75) is 25.7 Å². The summed E-state index contributed by atoms with van der Waals surface area (Å²) >= 11 is 3.66. The van der Waals surface area contributed by atoms with Crippen LogP contribution in [-0.2, 0) is 11.3 Å². The van der Waals surface area contributed by atoms with Gasteiger partial charge in [-0.1, -0.05) is 52.3 Å². The highest BCUT2D eigenvalue weighted by atomic mass is 79.9. The number of nitrogens with one attached hydrogen (secondary N) is 2. The Morgan fingerprint density at radius 2 is 1.93 bits per heavy atom. The van der Waals surface area contributed by atoms with Gasteiger partial charge in [-0.15, -0.1) is 0 Å². The summed E-state index contributed by atoms with van der Waals surface area (Å²) in [4.78, 5) is 4.84. The molecule has 5 nitrogen and oxygen atoms in total. The number of allylic oxidation sites excluding steroid dienone is 2. The highest BCUT2D eigenvalue weighted by molar-refractivity contribution is 9.10. The average Bonchev–Trinajstić information content (AvgIpc) is 2.71. The van der Waals surface area contributed by atoms with E-state index in [2.05, 4.69) is 68.3 Å². The van der Waals surface area contributed by atoms with E-state index in [9.17, 15) is 5.11 Å². The molecule has 0 spiro atoms. The Bertz CT molecular complexity index is 1120. The number of halogens is 1. The molecule has 3 aromatic rings. The second kappa shape index (κ2) is 9.32. The highest BCUT2D eigenvalue weighted by Gasteiger charge is 2.16. The zero-order valence-electron chi connectivity index (χ0n) is 16.8. The molecule has 3 N–H and O–H groups in total. The Labute approximate surface area is 184 Å². The Morgan fingerprint density at radius 1 is 1.13 bits per heavy atom. The van der Waals surface area contributed by atoms with E-state index in [-0.39, 0.29) is 5.75 Å². The van der Waals surface area contributed by atoms with Crippen molar-refractivity contribution in [3.05, 3.63) is 81.5 Å². The topological polar surface area (TPSA) is 65.9 Å². The van der Waals surface area contributed by atoms with E-state index in [0.29, 0.717) is 5.69 Å². The van der Waals surface area contributed by atoms with E-state index < -0.39 is 0 Å². The van der Waals surface area contributed by atoms with Gasteiger partial charge in [0.15, 0.2) is 0 Å². The normalized spacial score (nSPS) is 13.5. The van der Waals surface area contributed by atoms with Crippen molar-refractivity contribution in [1.29, 1.82) is 0 Å². The molecule has 0 atom stereocenters. The molecule has 30 heavy (non-hydrogen) atoms. The van der Waals surface area contributed by atoms with E-state index in [0.717, 1.165) is 35.0 Å². The minimum Gasteiger partial charge on any atom is -0.506 e. The minimum absolute atomic E-state index is 0.111. The number of rotatable bonds is 7. The predicted molar refractivity (Wildman–Crippen MR) is 126 cm³/mol. The number of phenolic OH excluding ortho intramolecular Hbond substituents is 1.